The number of nitrogens with one attached hydrogen (secondary N) is 1. The van der Waals surface area contributed by atoms with E-state index in [2.05, 4.69) is 81.5 Å². The molecule has 0 aliphatic heterocycles. The molecule has 254 valence electrons. The number of carbonyl (C=O) groups excluding carboxylic acids is 3. The van der Waals surface area contributed by atoms with Crippen molar-refractivity contribution in [1.82, 2.24) is 9.88 Å². The molecule has 0 radical (unpaired) electrons. The molecule has 0 unspecified atom stereocenters. The number of nitrogens with zero attached hydrogens (tertiary/aromatic N) is 1. The van der Waals surface area contributed by atoms with E-state index in [0.717, 1.165) is 30.7 Å². The summed E-state index contributed by atoms with van der Waals surface area (Å²) >= 11 is 0. The average molecular weight is 643 g/mol. The normalized spacial score (nSPS) is 13.0. The van der Waals surface area contributed by atoms with Gasteiger partial charge >= 0.3 is 11.9 Å². The van der Waals surface area contributed by atoms with Crippen LogP contribution in [0.5, 0.6) is 0 Å². The van der Waals surface area contributed by atoms with Gasteiger partial charge in [-0.2, -0.15) is 0 Å². The average Bonchev–Trinajstić information content (AvgIpc) is 3.38. The maximum Gasteiger partial charge on any atom is 0.311 e. The Balaban J connectivity index is 1.74. The predicted molar refractivity (Wildman–Crippen MR) is 189 cm³/mol. The van der Waals surface area contributed by atoms with Crippen molar-refractivity contribution in [1.29, 1.82) is 0 Å². The number of esters is 2. The fourth-order valence-corrected chi connectivity index (χ4v) is 5.63. The topological polar surface area (TPSA) is 86.6 Å². The minimum Gasteiger partial charge on any atom is -0.463 e. The summed E-state index contributed by atoms with van der Waals surface area (Å²) in [6.45, 7) is 13.5. The van der Waals surface area contributed by atoms with E-state index in [9.17, 15) is 14.4 Å². The minimum absolute atomic E-state index is 0.0853. The highest BCUT2D eigenvalue weighted by Gasteiger charge is 2.27. The van der Waals surface area contributed by atoms with Crippen molar-refractivity contribution in [3.8, 4) is 0 Å². The molecule has 0 spiro atoms. The number of hydrogen-bond donors (Lipinski definition) is 1. The van der Waals surface area contributed by atoms with Crippen LogP contribution >= 0.6 is 0 Å². The van der Waals surface area contributed by atoms with E-state index < -0.39 is 5.54 Å². The van der Waals surface area contributed by atoms with Gasteiger partial charge in [-0.05, 0) is 97.7 Å². The summed E-state index contributed by atoms with van der Waals surface area (Å²) in [6.07, 6.45) is 6.58. The maximum absolute atomic E-state index is 13.1. The molecule has 3 aromatic rings. The number of hydrogen-bond acceptors (Lipinski definition) is 5. The molecule has 0 bridgehead atoms. The van der Waals surface area contributed by atoms with Crippen LogP contribution in [0.4, 0.5) is 0 Å². The summed E-state index contributed by atoms with van der Waals surface area (Å²) < 4.78 is 13.4. The number of aryl methyl sites for hydroxylation is 3. The fourth-order valence-electron chi connectivity index (χ4n) is 5.63. The van der Waals surface area contributed by atoms with Crippen molar-refractivity contribution in [2.24, 2.45) is 7.05 Å². The van der Waals surface area contributed by atoms with E-state index in [4.69, 9.17) is 9.47 Å². The van der Waals surface area contributed by atoms with Gasteiger partial charge in [0, 0.05) is 33.0 Å². The smallest absolute Gasteiger partial charge is 0.311 e. The third kappa shape index (κ3) is 12.2. The van der Waals surface area contributed by atoms with Gasteiger partial charge in [-0.15, -0.1) is 0 Å². The lowest BCUT2D eigenvalue weighted by molar-refractivity contribution is -0.144. The Labute approximate surface area is 281 Å². The lowest BCUT2D eigenvalue weighted by Gasteiger charge is -2.30. The molecule has 1 amide bonds. The van der Waals surface area contributed by atoms with Gasteiger partial charge < -0.3 is 19.4 Å². The van der Waals surface area contributed by atoms with Gasteiger partial charge in [0.25, 0.3) is 0 Å². The zero-order valence-electron chi connectivity index (χ0n) is 29.7. The van der Waals surface area contributed by atoms with Crippen LogP contribution in [0.2, 0.25) is 0 Å². The number of benzene rings is 2. The van der Waals surface area contributed by atoms with Crippen molar-refractivity contribution in [3.05, 3.63) is 100 Å². The Bertz CT molecular complexity index is 1500. The van der Waals surface area contributed by atoms with Crippen molar-refractivity contribution >= 4 is 23.6 Å². The Kier molecular flexibility index (Phi) is 14.1. The van der Waals surface area contributed by atoms with Gasteiger partial charge in [-0.1, -0.05) is 76.2 Å². The number of aromatic nitrogens is 1. The molecule has 3 rings (SSSR count). The highest BCUT2D eigenvalue weighted by Crippen LogP contribution is 2.25. The first-order valence-electron chi connectivity index (χ1n) is 16.9. The standard InChI is InChI=1S/C40H54N2O5/c1-28(2)34-19-15-32(16-20-34)11-9-13-38(47-39(45)14-10-12-33-17-21-35(22-18-33)29(3)4)37-24-23-36(42(37)8)25-26-40(7,41-30(5)43)27-46-31(6)44/h13,15-24,28-29H,9-12,14,25-27H2,1-8H3,(H,41,43)/b38-13-/t40-/m1/s1. The molecule has 1 atom stereocenters. The molecule has 0 aliphatic carbocycles. The van der Waals surface area contributed by atoms with Crippen molar-refractivity contribution in [3.63, 3.8) is 0 Å². The molecule has 7 heteroatoms. The van der Waals surface area contributed by atoms with Crippen molar-refractivity contribution < 1.29 is 23.9 Å². The molecule has 1 N–H and O–H groups in total. The molecule has 47 heavy (non-hydrogen) atoms. The van der Waals surface area contributed by atoms with Crippen LogP contribution in [0.25, 0.3) is 5.76 Å². The first-order valence-corrected chi connectivity index (χ1v) is 16.9. The summed E-state index contributed by atoms with van der Waals surface area (Å²) in [5, 5.41) is 2.94. The Morgan fingerprint density at radius 3 is 1.94 bits per heavy atom. The summed E-state index contributed by atoms with van der Waals surface area (Å²) in [4.78, 5) is 36.5. The van der Waals surface area contributed by atoms with Crippen molar-refractivity contribution in [2.75, 3.05) is 6.61 Å². The first-order chi connectivity index (χ1) is 22.3. The van der Waals surface area contributed by atoms with Gasteiger partial charge in [0.1, 0.15) is 6.61 Å². The van der Waals surface area contributed by atoms with Crippen molar-refractivity contribution in [2.45, 2.75) is 111 Å². The number of amides is 1. The molecule has 7 nitrogen and oxygen atoms in total. The minimum atomic E-state index is -0.715. The zero-order valence-corrected chi connectivity index (χ0v) is 29.7. The van der Waals surface area contributed by atoms with Crippen LogP contribution in [0.1, 0.15) is 120 Å². The molecule has 0 fully saturated rings. The van der Waals surface area contributed by atoms with Gasteiger partial charge in [0.15, 0.2) is 5.76 Å². The molecule has 0 saturated carbocycles. The quantitative estimate of drug-likeness (QED) is 0.119. The van der Waals surface area contributed by atoms with E-state index in [-0.39, 0.29) is 24.5 Å². The lowest BCUT2D eigenvalue weighted by Crippen LogP contribution is -2.49. The van der Waals surface area contributed by atoms with Gasteiger partial charge in [0.2, 0.25) is 5.91 Å². The SMILES string of the molecule is CC(=O)N[C@](C)(CCc1ccc(/C(=C/CCc2ccc(C(C)C)cc2)OC(=O)CCCc2ccc(C(C)C)cc2)n1C)COC(C)=O. The molecule has 2 aromatic carbocycles. The van der Waals surface area contributed by atoms with E-state index in [1.54, 1.807) is 0 Å². The van der Waals surface area contributed by atoms with Gasteiger partial charge in [-0.3, -0.25) is 14.4 Å². The largest absolute Gasteiger partial charge is 0.463 e. The summed E-state index contributed by atoms with van der Waals surface area (Å²) in [7, 11) is 1.96. The van der Waals surface area contributed by atoms with Crippen LogP contribution in [0.15, 0.2) is 66.7 Å². The molecule has 0 saturated heterocycles. The van der Waals surface area contributed by atoms with E-state index in [1.165, 1.54) is 36.1 Å². The lowest BCUT2D eigenvalue weighted by atomic mass is 9.95. The second-order valence-electron chi connectivity index (χ2n) is 13.5. The maximum atomic E-state index is 13.1. The fraction of sp³-hybridized carbons (Fsp3) is 0.475. The van der Waals surface area contributed by atoms with E-state index >= 15 is 0 Å². The van der Waals surface area contributed by atoms with Crippen LogP contribution < -0.4 is 5.32 Å². The summed E-state index contributed by atoms with van der Waals surface area (Å²) in [5.74, 6) is 0.699. The third-order valence-electron chi connectivity index (χ3n) is 8.61. The summed E-state index contributed by atoms with van der Waals surface area (Å²) in [6, 6.07) is 21.3. The number of carbonyl (C=O) groups is 3. The number of allylic oxidation sites excluding steroid dienone is 1. The van der Waals surface area contributed by atoms with Crippen LogP contribution in [-0.4, -0.2) is 34.6 Å². The molecule has 0 aliphatic rings. The second kappa shape index (κ2) is 17.7. The van der Waals surface area contributed by atoms with Crippen LogP contribution in [0.3, 0.4) is 0 Å². The highest BCUT2D eigenvalue weighted by molar-refractivity contribution is 5.77. The number of rotatable bonds is 17. The van der Waals surface area contributed by atoms with Gasteiger partial charge in [-0.25, -0.2) is 0 Å². The molecule has 1 heterocycles. The predicted octanol–water partition coefficient (Wildman–Crippen LogP) is 8.20. The third-order valence-corrected chi connectivity index (χ3v) is 8.61. The number of ether oxygens (including phenoxy) is 2. The molecular weight excluding hydrogens is 588 g/mol. The van der Waals surface area contributed by atoms with Crippen LogP contribution in [-0.2, 0) is 50.2 Å². The Hall–Kier alpha value is -4.13. The zero-order chi connectivity index (χ0) is 34.6. The Morgan fingerprint density at radius 1 is 0.830 bits per heavy atom. The monoisotopic (exact) mass is 642 g/mol. The first kappa shape index (κ1) is 37.3. The van der Waals surface area contributed by atoms with E-state index in [1.807, 2.05) is 36.7 Å². The molecule has 1 aromatic heterocycles. The van der Waals surface area contributed by atoms with E-state index in [0.29, 0.717) is 43.3 Å². The van der Waals surface area contributed by atoms with Crippen LogP contribution in [0, 0.1) is 0 Å². The summed E-state index contributed by atoms with van der Waals surface area (Å²) in [5.41, 5.74) is 6.18. The van der Waals surface area contributed by atoms with Gasteiger partial charge in [0.05, 0.1) is 11.2 Å². The Morgan fingerprint density at radius 2 is 1.40 bits per heavy atom. The highest BCUT2D eigenvalue weighted by atomic mass is 16.5. The molecular formula is C40H54N2O5. The second-order valence-corrected chi connectivity index (χ2v) is 13.5.